The molecule has 0 amide bonds. The molecule has 1 fully saturated rings. The minimum Gasteiger partial charge on any atom is -0.367 e. The fourth-order valence-electron chi connectivity index (χ4n) is 3.03. The number of nitrogens with zero attached hydrogens (tertiary/aromatic N) is 2. The number of rotatable bonds is 4. The lowest BCUT2D eigenvalue weighted by Gasteiger charge is -2.17. The van der Waals surface area contributed by atoms with Crippen molar-refractivity contribution in [3.8, 4) is 0 Å². The molecule has 6 heteroatoms. The molecule has 2 N–H and O–H groups in total. The largest absolute Gasteiger partial charge is 0.367 e. The fraction of sp³-hybridized carbons (Fsp3) is 0.444. The molecule has 3 rings (SSSR count). The topological polar surface area (TPSA) is 49.8 Å². The number of halogens is 2. The van der Waals surface area contributed by atoms with Crippen LogP contribution in [-0.4, -0.2) is 16.0 Å². The lowest BCUT2D eigenvalue weighted by molar-refractivity contribution is 0.509. The highest BCUT2D eigenvalue weighted by atomic mass is 19.2. The van der Waals surface area contributed by atoms with Gasteiger partial charge in [-0.05, 0) is 31.9 Å². The van der Waals surface area contributed by atoms with E-state index in [1.54, 1.807) is 0 Å². The van der Waals surface area contributed by atoms with Crippen LogP contribution in [0.1, 0.15) is 44.2 Å². The maximum absolute atomic E-state index is 13.3. The van der Waals surface area contributed by atoms with Crippen LogP contribution in [0.4, 0.5) is 26.2 Å². The maximum Gasteiger partial charge on any atom is 0.229 e. The van der Waals surface area contributed by atoms with Gasteiger partial charge < -0.3 is 10.6 Å². The van der Waals surface area contributed by atoms with Gasteiger partial charge in [0.1, 0.15) is 5.82 Å². The first-order valence-electron chi connectivity index (χ1n) is 8.44. The molecule has 4 nitrogen and oxygen atoms in total. The molecular formula is C18H22F2N4. The van der Waals surface area contributed by atoms with Gasteiger partial charge in [0, 0.05) is 29.6 Å². The second kappa shape index (κ2) is 7.55. The smallest absolute Gasteiger partial charge is 0.229 e. The summed E-state index contributed by atoms with van der Waals surface area (Å²) in [5, 5.41) is 6.42. The molecule has 1 saturated carbocycles. The highest BCUT2D eigenvalue weighted by molar-refractivity contribution is 5.55. The van der Waals surface area contributed by atoms with E-state index in [0.717, 1.165) is 36.5 Å². The SMILES string of the molecule is Cc1cc(NC2CCCCCC2)nc(Nc2ccc(F)c(F)c2)n1. The van der Waals surface area contributed by atoms with Gasteiger partial charge in [-0.1, -0.05) is 25.7 Å². The molecular weight excluding hydrogens is 310 g/mol. The molecule has 1 aromatic heterocycles. The van der Waals surface area contributed by atoms with Crippen molar-refractivity contribution in [1.29, 1.82) is 0 Å². The van der Waals surface area contributed by atoms with Gasteiger partial charge in [0.15, 0.2) is 11.6 Å². The van der Waals surface area contributed by atoms with E-state index in [0.29, 0.717) is 17.7 Å². The van der Waals surface area contributed by atoms with Gasteiger partial charge in [0.05, 0.1) is 0 Å². The zero-order valence-electron chi connectivity index (χ0n) is 13.8. The van der Waals surface area contributed by atoms with Crippen molar-refractivity contribution in [3.63, 3.8) is 0 Å². The Bertz CT molecular complexity index is 697. The van der Waals surface area contributed by atoms with E-state index >= 15 is 0 Å². The summed E-state index contributed by atoms with van der Waals surface area (Å²) >= 11 is 0. The summed E-state index contributed by atoms with van der Waals surface area (Å²) in [7, 11) is 0. The molecule has 24 heavy (non-hydrogen) atoms. The summed E-state index contributed by atoms with van der Waals surface area (Å²) < 4.78 is 26.3. The minimum atomic E-state index is -0.899. The van der Waals surface area contributed by atoms with Crippen LogP contribution in [0.2, 0.25) is 0 Å². The second-order valence-corrected chi connectivity index (χ2v) is 6.30. The number of anilines is 3. The number of hydrogen-bond acceptors (Lipinski definition) is 4. The molecule has 2 aromatic rings. The van der Waals surface area contributed by atoms with Crippen LogP contribution in [0.5, 0.6) is 0 Å². The monoisotopic (exact) mass is 332 g/mol. The summed E-state index contributed by atoms with van der Waals surface area (Å²) in [6, 6.07) is 5.97. The zero-order valence-corrected chi connectivity index (χ0v) is 13.8. The molecule has 1 heterocycles. The average molecular weight is 332 g/mol. The van der Waals surface area contributed by atoms with Crippen LogP contribution >= 0.6 is 0 Å². The van der Waals surface area contributed by atoms with Gasteiger partial charge in [0.2, 0.25) is 5.95 Å². The van der Waals surface area contributed by atoms with Crippen molar-refractivity contribution in [2.24, 2.45) is 0 Å². The van der Waals surface area contributed by atoms with Crippen LogP contribution in [0, 0.1) is 18.6 Å². The fourth-order valence-corrected chi connectivity index (χ4v) is 3.03. The average Bonchev–Trinajstić information content (AvgIpc) is 2.79. The highest BCUT2D eigenvalue weighted by Gasteiger charge is 2.13. The Morgan fingerprint density at radius 1 is 0.958 bits per heavy atom. The van der Waals surface area contributed by atoms with Crippen molar-refractivity contribution < 1.29 is 8.78 Å². The molecule has 0 saturated heterocycles. The van der Waals surface area contributed by atoms with E-state index in [4.69, 9.17) is 0 Å². The summed E-state index contributed by atoms with van der Waals surface area (Å²) in [5.41, 5.74) is 1.23. The summed E-state index contributed by atoms with van der Waals surface area (Å²) in [5.74, 6) is -0.637. The second-order valence-electron chi connectivity index (χ2n) is 6.30. The third-order valence-corrected chi connectivity index (χ3v) is 4.24. The van der Waals surface area contributed by atoms with E-state index in [-0.39, 0.29) is 0 Å². The van der Waals surface area contributed by atoms with Crippen LogP contribution < -0.4 is 10.6 Å². The summed E-state index contributed by atoms with van der Waals surface area (Å²) in [4.78, 5) is 8.77. The van der Waals surface area contributed by atoms with Crippen LogP contribution in [0.3, 0.4) is 0 Å². The van der Waals surface area contributed by atoms with Crippen molar-refractivity contribution in [2.75, 3.05) is 10.6 Å². The summed E-state index contributed by atoms with van der Waals surface area (Å²) in [6.45, 7) is 1.89. The Balaban J connectivity index is 1.74. The molecule has 0 spiro atoms. The zero-order chi connectivity index (χ0) is 16.9. The quantitative estimate of drug-likeness (QED) is 0.779. The van der Waals surface area contributed by atoms with Gasteiger partial charge in [-0.3, -0.25) is 0 Å². The van der Waals surface area contributed by atoms with E-state index in [1.165, 1.54) is 31.7 Å². The third kappa shape index (κ3) is 4.40. The number of nitrogens with one attached hydrogen (secondary N) is 2. The molecule has 1 aromatic carbocycles. The van der Waals surface area contributed by atoms with E-state index < -0.39 is 11.6 Å². The van der Waals surface area contributed by atoms with E-state index in [2.05, 4.69) is 20.6 Å². The van der Waals surface area contributed by atoms with Gasteiger partial charge in [-0.25, -0.2) is 13.8 Å². The Morgan fingerprint density at radius 3 is 2.42 bits per heavy atom. The third-order valence-electron chi connectivity index (χ3n) is 4.24. The first-order valence-corrected chi connectivity index (χ1v) is 8.44. The molecule has 0 radical (unpaired) electrons. The Kier molecular flexibility index (Phi) is 5.23. The molecule has 0 bridgehead atoms. The molecule has 0 unspecified atom stereocenters. The number of hydrogen-bond donors (Lipinski definition) is 2. The lowest BCUT2D eigenvalue weighted by Crippen LogP contribution is -2.19. The van der Waals surface area contributed by atoms with E-state index in [1.807, 2.05) is 13.0 Å². The van der Waals surface area contributed by atoms with Crippen LogP contribution in [0.25, 0.3) is 0 Å². The molecule has 1 aliphatic rings. The lowest BCUT2D eigenvalue weighted by atomic mass is 10.1. The predicted molar refractivity (Wildman–Crippen MR) is 91.5 cm³/mol. The number of aryl methyl sites for hydroxylation is 1. The number of benzene rings is 1. The Morgan fingerprint density at radius 2 is 1.71 bits per heavy atom. The normalized spacial score (nSPS) is 15.8. The molecule has 0 atom stereocenters. The van der Waals surface area contributed by atoms with E-state index in [9.17, 15) is 8.78 Å². The first-order chi connectivity index (χ1) is 11.6. The Hall–Kier alpha value is -2.24. The standard InChI is InChI=1S/C18H22F2N4/c1-12-10-17(22-13-6-4-2-3-5-7-13)24-18(21-12)23-14-8-9-15(19)16(20)11-14/h8-11,13H,2-7H2,1H3,(H2,21,22,23,24). The van der Waals surface area contributed by atoms with Crippen molar-refractivity contribution in [2.45, 2.75) is 51.5 Å². The van der Waals surface area contributed by atoms with Gasteiger partial charge in [-0.2, -0.15) is 4.98 Å². The van der Waals surface area contributed by atoms with Gasteiger partial charge >= 0.3 is 0 Å². The first kappa shape index (κ1) is 16.6. The molecule has 1 aliphatic carbocycles. The molecule has 0 aliphatic heterocycles. The van der Waals surface area contributed by atoms with Crippen molar-refractivity contribution in [1.82, 2.24) is 9.97 Å². The van der Waals surface area contributed by atoms with Crippen LogP contribution in [0.15, 0.2) is 24.3 Å². The summed E-state index contributed by atoms with van der Waals surface area (Å²) in [6.07, 6.45) is 7.36. The maximum atomic E-state index is 13.3. The predicted octanol–water partition coefficient (Wildman–Crippen LogP) is 4.94. The Labute approximate surface area is 140 Å². The van der Waals surface area contributed by atoms with Gasteiger partial charge in [0.25, 0.3) is 0 Å². The van der Waals surface area contributed by atoms with Gasteiger partial charge in [-0.15, -0.1) is 0 Å². The van der Waals surface area contributed by atoms with Crippen molar-refractivity contribution in [3.05, 3.63) is 41.6 Å². The minimum absolute atomic E-state index is 0.372. The highest BCUT2D eigenvalue weighted by Crippen LogP contribution is 2.22. The van der Waals surface area contributed by atoms with Crippen LogP contribution in [-0.2, 0) is 0 Å². The van der Waals surface area contributed by atoms with Crippen molar-refractivity contribution >= 4 is 17.5 Å². The number of aromatic nitrogens is 2. The molecule has 128 valence electrons.